The van der Waals surface area contributed by atoms with E-state index in [1.807, 2.05) is 24.4 Å². The summed E-state index contributed by atoms with van der Waals surface area (Å²) in [6.07, 6.45) is 8.22. The Labute approximate surface area is 172 Å². The Bertz CT molecular complexity index is 1040. The Kier molecular flexibility index (Phi) is 5.85. The lowest BCUT2D eigenvalue weighted by Crippen LogP contribution is -2.11. The lowest BCUT2D eigenvalue weighted by Gasteiger charge is -2.17. The fourth-order valence-corrected chi connectivity index (χ4v) is 3.66. The lowest BCUT2D eigenvalue weighted by atomic mass is 9.94. The number of aromatic nitrogens is 1. The summed E-state index contributed by atoms with van der Waals surface area (Å²) < 4.78 is 6.02. The number of nitrogens with zero attached hydrogens (tertiary/aromatic N) is 2. The van der Waals surface area contributed by atoms with Gasteiger partial charge in [0.15, 0.2) is 0 Å². The van der Waals surface area contributed by atoms with E-state index in [2.05, 4.69) is 67.4 Å². The molecule has 0 bridgehead atoms. The Morgan fingerprint density at radius 3 is 2.66 bits per heavy atom. The van der Waals surface area contributed by atoms with Crippen molar-refractivity contribution in [2.24, 2.45) is 4.99 Å². The van der Waals surface area contributed by atoms with Crippen molar-refractivity contribution in [3.05, 3.63) is 89.8 Å². The van der Waals surface area contributed by atoms with Crippen molar-refractivity contribution >= 4 is 11.8 Å². The van der Waals surface area contributed by atoms with Crippen molar-refractivity contribution in [1.82, 2.24) is 4.98 Å². The van der Waals surface area contributed by atoms with Crippen molar-refractivity contribution in [3.63, 3.8) is 0 Å². The van der Waals surface area contributed by atoms with Crippen LogP contribution in [0.3, 0.4) is 0 Å². The van der Waals surface area contributed by atoms with Crippen LogP contribution in [0.1, 0.15) is 37.8 Å². The summed E-state index contributed by atoms with van der Waals surface area (Å²) in [6, 6.07) is 20.9. The molecule has 4 rings (SSSR count). The van der Waals surface area contributed by atoms with E-state index in [0.717, 1.165) is 47.5 Å². The number of allylic oxidation sites excluding steroid dienone is 1. The van der Waals surface area contributed by atoms with Gasteiger partial charge in [-0.1, -0.05) is 36.4 Å². The maximum Gasteiger partial charge on any atom is 0.127 e. The number of benzene rings is 2. The molecule has 0 atom stereocenters. The van der Waals surface area contributed by atoms with Gasteiger partial charge in [-0.05, 0) is 73.7 Å². The first-order chi connectivity index (χ1) is 14.2. The molecule has 3 heteroatoms. The van der Waals surface area contributed by atoms with Crippen LogP contribution in [0.5, 0.6) is 5.75 Å². The van der Waals surface area contributed by atoms with Gasteiger partial charge in [-0.25, -0.2) is 0 Å². The normalized spacial score (nSPS) is 15.4. The quantitative estimate of drug-likeness (QED) is 0.526. The van der Waals surface area contributed by atoms with Crippen molar-refractivity contribution in [1.29, 1.82) is 0 Å². The number of pyridine rings is 1. The zero-order valence-electron chi connectivity index (χ0n) is 17.0. The van der Waals surface area contributed by atoms with E-state index in [1.54, 1.807) is 6.20 Å². The van der Waals surface area contributed by atoms with Crippen LogP contribution in [-0.4, -0.2) is 23.3 Å². The number of aliphatic imine (C=N–C) groups is 1. The highest BCUT2D eigenvalue weighted by Crippen LogP contribution is 2.32. The molecule has 29 heavy (non-hydrogen) atoms. The Hall–Kier alpha value is -3.20. The third kappa shape index (κ3) is 4.62. The summed E-state index contributed by atoms with van der Waals surface area (Å²) in [5.74, 6) is 0.919. The van der Waals surface area contributed by atoms with Gasteiger partial charge >= 0.3 is 0 Å². The van der Waals surface area contributed by atoms with Crippen molar-refractivity contribution in [2.45, 2.75) is 32.8 Å². The van der Waals surface area contributed by atoms with E-state index in [4.69, 9.17) is 9.73 Å². The number of hydrogen-bond donors (Lipinski definition) is 0. The predicted molar refractivity (Wildman–Crippen MR) is 120 cm³/mol. The molecule has 3 aromatic rings. The Morgan fingerprint density at radius 1 is 0.966 bits per heavy atom. The highest BCUT2D eigenvalue weighted by atomic mass is 16.5. The van der Waals surface area contributed by atoms with Crippen LogP contribution in [-0.2, 0) is 0 Å². The largest absolute Gasteiger partial charge is 0.490 e. The third-order valence-corrected chi connectivity index (χ3v) is 4.90. The lowest BCUT2D eigenvalue weighted by molar-refractivity contribution is 0.243. The molecule has 146 valence electrons. The third-order valence-electron chi connectivity index (χ3n) is 4.90. The van der Waals surface area contributed by atoms with E-state index in [9.17, 15) is 0 Å². The average Bonchev–Trinajstić information content (AvgIpc) is 2.75. The molecule has 0 amide bonds. The summed E-state index contributed by atoms with van der Waals surface area (Å²) >= 11 is 0. The molecule has 1 aliphatic rings. The molecule has 0 aliphatic carbocycles. The van der Waals surface area contributed by atoms with Crippen LogP contribution in [0.4, 0.5) is 0 Å². The fraction of sp³-hybridized carbons (Fsp3) is 0.231. The van der Waals surface area contributed by atoms with Crippen molar-refractivity contribution in [3.8, 4) is 16.9 Å². The molecular weight excluding hydrogens is 356 g/mol. The minimum atomic E-state index is 0.141. The first-order valence-electron chi connectivity index (χ1n) is 10.2. The first kappa shape index (κ1) is 19.1. The molecular formula is C26H26N2O. The van der Waals surface area contributed by atoms with Crippen LogP contribution in [0.15, 0.2) is 83.6 Å². The standard InChI is InChI=1S/C26H26N2O/c1-19(2)29-25-13-4-3-12-24(25)21-9-5-8-20(16-21)17-22-10-7-15-28-26(22)23-11-6-14-27-18-23/h3-6,8-9,11-14,16-19H,7,10,15H2,1-2H3/b22-17-. The number of para-hydroxylation sites is 1. The van der Waals surface area contributed by atoms with Gasteiger partial charge in [-0.15, -0.1) is 0 Å². The van der Waals surface area contributed by atoms with E-state index in [1.165, 1.54) is 11.1 Å². The Balaban J connectivity index is 1.69. The molecule has 0 unspecified atom stereocenters. The molecule has 0 saturated carbocycles. The zero-order valence-corrected chi connectivity index (χ0v) is 17.0. The molecule has 0 radical (unpaired) electrons. The topological polar surface area (TPSA) is 34.5 Å². The average molecular weight is 383 g/mol. The fourth-order valence-electron chi connectivity index (χ4n) is 3.66. The maximum atomic E-state index is 6.02. The van der Waals surface area contributed by atoms with Crippen molar-refractivity contribution in [2.75, 3.05) is 6.54 Å². The molecule has 3 nitrogen and oxygen atoms in total. The van der Waals surface area contributed by atoms with Crippen LogP contribution in [0.25, 0.3) is 17.2 Å². The molecule has 1 aliphatic heterocycles. The van der Waals surface area contributed by atoms with Gasteiger partial charge in [-0.2, -0.15) is 0 Å². The molecule has 0 fully saturated rings. The van der Waals surface area contributed by atoms with E-state index in [0.29, 0.717) is 0 Å². The smallest absolute Gasteiger partial charge is 0.127 e. The zero-order chi connectivity index (χ0) is 20.1. The SMILES string of the molecule is CC(C)Oc1ccccc1-c1cccc(/C=C2/CCCN=C2c2cccnc2)c1. The first-order valence-corrected chi connectivity index (χ1v) is 10.2. The minimum Gasteiger partial charge on any atom is -0.490 e. The summed E-state index contributed by atoms with van der Waals surface area (Å²) in [6.45, 7) is 4.99. The molecule has 2 aromatic carbocycles. The molecule has 0 N–H and O–H groups in total. The van der Waals surface area contributed by atoms with Crippen LogP contribution in [0.2, 0.25) is 0 Å². The minimum absolute atomic E-state index is 0.141. The number of hydrogen-bond acceptors (Lipinski definition) is 3. The van der Waals surface area contributed by atoms with Crippen molar-refractivity contribution < 1.29 is 4.74 Å². The van der Waals surface area contributed by atoms with Gasteiger partial charge in [0, 0.05) is 30.1 Å². The summed E-state index contributed by atoms with van der Waals surface area (Å²) in [5, 5.41) is 0. The second kappa shape index (κ2) is 8.87. The van der Waals surface area contributed by atoms with Gasteiger partial charge in [0.25, 0.3) is 0 Å². The monoisotopic (exact) mass is 382 g/mol. The summed E-state index contributed by atoms with van der Waals surface area (Å²) in [7, 11) is 0. The number of rotatable bonds is 5. The Morgan fingerprint density at radius 2 is 1.83 bits per heavy atom. The highest BCUT2D eigenvalue weighted by Gasteiger charge is 2.14. The second-order valence-electron chi connectivity index (χ2n) is 7.53. The maximum absolute atomic E-state index is 6.02. The highest BCUT2D eigenvalue weighted by molar-refractivity contribution is 6.15. The van der Waals surface area contributed by atoms with Gasteiger partial charge < -0.3 is 4.74 Å². The predicted octanol–water partition coefficient (Wildman–Crippen LogP) is 6.20. The molecule has 1 aromatic heterocycles. The van der Waals surface area contributed by atoms with Gasteiger partial charge in [0.05, 0.1) is 11.8 Å². The van der Waals surface area contributed by atoms with Gasteiger partial charge in [0.2, 0.25) is 0 Å². The second-order valence-corrected chi connectivity index (χ2v) is 7.53. The number of ether oxygens (including phenoxy) is 1. The van der Waals surface area contributed by atoms with Gasteiger partial charge in [0.1, 0.15) is 5.75 Å². The molecule has 2 heterocycles. The van der Waals surface area contributed by atoms with E-state index in [-0.39, 0.29) is 6.10 Å². The van der Waals surface area contributed by atoms with Crippen LogP contribution < -0.4 is 4.74 Å². The van der Waals surface area contributed by atoms with Crippen LogP contribution in [0, 0.1) is 0 Å². The molecule has 0 spiro atoms. The van der Waals surface area contributed by atoms with E-state index >= 15 is 0 Å². The van der Waals surface area contributed by atoms with E-state index < -0.39 is 0 Å². The van der Waals surface area contributed by atoms with Gasteiger partial charge in [-0.3, -0.25) is 9.98 Å². The summed E-state index contributed by atoms with van der Waals surface area (Å²) in [5.41, 5.74) is 6.88. The van der Waals surface area contributed by atoms with Crippen LogP contribution >= 0.6 is 0 Å². The molecule has 0 saturated heterocycles. The summed E-state index contributed by atoms with van der Waals surface area (Å²) in [4.78, 5) is 9.06.